The predicted octanol–water partition coefficient (Wildman–Crippen LogP) is 2.92. The highest BCUT2D eigenvalue weighted by atomic mass is 32.1. The van der Waals surface area contributed by atoms with Gasteiger partial charge in [-0.2, -0.15) is 12.6 Å². The molecule has 0 aliphatic carbocycles. The molecule has 0 saturated carbocycles. The van der Waals surface area contributed by atoms with Gasteiger partial charge in [-0.05, 0) is 30.5 Å². The van der Waals surface area contributed by atoms with Gasteiger partial charge in [0.15, 0.2) is 0 Å². The smallest absolute Gasteiger partial charge is 0.0239 e. The van der Waals surface area contributed by atoms with Crippen LogP contribution in [0.5, 0.6) is 0 Å². The fourth-order valence-corrected chi connectivity index (χ4v) is 2.37. The molecule has 1 heterocycles. The number of thiol groups is 1. The van der Waals surface area contributed by atoms with Crippen LogP contribution in [0.2, 0.25) is 0 Å². The number of benzene rings is 1. The van der Waals surface area contributed by atoms with Gasteiger partial charge in [-0.15, -0.1) is 0 Å². The van der Waals surface area contributed by atoms with Crippen LogP contribution in [0.1, 0.15) is 17.5 Å². The maximum absolute atomic E-state index is 4.27. The number of hydrogen-bond donors (Lipinski definition) is 1. The molecule has 1 nitrogen and oxygen atoms in total. The van der Waals surface area contributed by atoms with E-state index in [9.17, 15) is 0 Å². The largest absolute Gasteiger partial charge is 0.295 e. The van der Waals surface area contributed by atoms with Gasteiger partial charge in [-0.1, -0.05) is 36.4 Å². The molecule has 0 fully saturated rings. The lowest BCUT2D eigenvalue weighted by Crippen LogP contribution is -2.25. The molecule has 0 atom stereocenters. The van der Waals surface area contributed by atoms with Gasteiger partial charge in [0.25, 0.3) is 0 Å². The number of fused-ring (bicyclic) bond motifs is 1. The number of rotatable bonds is 3. The molecule has 0 radical (unpaired) electrons. The van der Waals surface area contributed by atoms with Crippen LogP contribution in [0.4, 0.5) is 0 Å². The second-order valence-corrected chi connectivity index (χ2v) is 4.81. The summed E-state index contributed by atoms with van der Waals surface area (Å²) in [5, 5.41) is 0. The molecule has 86 valence electrons. The zero-order valence-electron chi connectivity index (χ0n) is 9.65. The van der Waals surface area contributed by atoms with Crippen molar-refractivity contribution in [3.63, 3.8) is 0 Å². The van der Waals surface area contributed by atoms with Crippen LogP contribution in [-0.4, -0.2) is 23.7 Å². The summed E-state index contributed by atoms with van der Waals surface area (Å²) in [6, 6.07) is 8.78. The van der Waals surface area contributed by atoms with Gasteiger partial charge >= 0.3 is 0 Å². The van der Waals surface area contributed by atoms with Gasteiger partial charge in [-0.3, -0.25) is 4.90 Å². The Balaban J connectivity index is 2.07. The van der Waals surface area contributed by atoms with E-state index in [-0.39, 0.29) is 0 Å². The van der Waals surface area contributed by atoms with E-state index >= 15 is 0 Å². The van der Waals surface area contributed by atoms with Crippen molar-refractivity contribution in [3.8, 4) is 0 Å². The SMILES string of the molecule is C=C(CS)CN1CCCc2ccccc2C1. The van der Waals surface area contributed by atoms with Crippen molar-refractivity contribution in [1.29, 1.82) is 0 Å². The first-order valence-electron chi connectivity index (χ1n) is 5.86. The van der Waals surface area contributed by atoms with Crippen molar-refractivity contribution < 1.29 is 0 Å². The molecular formula is C14H19NS. The highest BCUT2D eigenvalue weighted by Crippen LogP contribution is 2.18. The normalized spacial score (nSPS) is 16.6. The van der Waals surface area contributed by atoms with Crippen LogP contribution >= 0.6 is 12.6 Å². The Kier molecular flexibility index (Phi) is 4.08. The van der Waals surface area contributed by atoms with E-state index in [1.165, 1.54) is 36.1 Å². The molecule has 0 unspecified atom stereocenters. The number of nitrogens with zero attached hydrogens (tertiary/aromatic N) is 1. The molecule has 0 spiro atoms. The van der Waals surface area contributed by atoms with Crippen molar-refractivity contribution in [2.75, 3.05) is 18.8 Å². The second-order valence-electron chi connectivity index (χ2n) is 4.49. The quantitative estimate of drug-likeness (QED) is 0.620. The molecule has 1 aromatic rings. The maximum atomic E-state index is 4.27. The van der Waals surface area contributed by atoms with E-state index < -0.39 is 0 Å². The van der Waals surface area contributed by atoms with Gasteiger partial charge in [-0.25, -0.2) is 0 Å². The lowest BCUT2D eigenvalue weighted by molar-refractivity contribution is 0.293. The molecule has 2 rings (SSSR count). The molecule has 1 aromatic carbocycles. The van der Waals surface area contributed by atoms with Crippen molar-refractivity contribution in [2.45, 2.75) is 19.4 Å². The fourth-order valence-electron chi connectivity index (χ4n) is 2.27. The molecule has 0 amide bonds. The van der Waals surface area contributed by atoms with Gasteiger partial charge in [0.2, 0.25) is 0 Å². The van der Waals surface area contributed by atoms with Gasteiger partial charge in [0, 0.05) is 18.8 Å². The first kappa shape index (κ1) is 11.7. The Labute approximate surface area is 104 Å². The molecule has 2 heteroatoms. The Morgan fingerprint density at radius 2 is 2.06 bits per heavy atom. The van der Waals surface area contributed by atoms with Crippen molar-refractivity contribution >= 4 is 12.6 Å². The summed E-state index contributed by atoms with van der Waals surface area (Å²) in [6.45, 7) is 7.25. The Morgan fingerprint density at radius 1 is 1.31 bits per heavy atom. The minimum absolute atomic E-state index is 0.790. The Hall–Kier alpha value is -0.730. The van der Waals surface area contributed by atoms with Gasteiger partial charge < -0.3 is 0 Å². The summed E-state index contributed by atoms with van der Waals surface area (Å²) in [5.41, 5.74) is 4.20. The van der Waals surface area contributed by atoms with Crippen LogP contribution in [0.3, 0.4) is 0 Å². The highest BCUT2D eigenvalue weighted by Gasteiger charge is 2.13. The molecule has 0 aromatic heterocycles. The van der Waals surface area contributed by atoms with E-state index in [1.807, 2.05) is 0 Å². The lowest BCUT2D eigenvalue weighted by atomic mass is 10.0. The molecule has 1 aliphatic heterocycles. The van der Waals surface area contributed by atoms with Crippen molar-refractivity contribution in [1.82, 2.24) is 4.90 Å². The summed E-state index contributed by atoms with van der Waals surface area (Å²) in [7, 11) is 0. The van der Waals surface area contributed by atoms with Crippen LogP contribution in [0, 0.1) is 0 Å². The number of hydrogen-bond acceptors (Lipinski definition) is 2. The molecule has 16 heavy (non-hydrogen) atoms. The van der Waals surface area contributed by atoms with E-state index in [2.05, 4.69) is 48.4 Å². The minimum atomic E-state index is 0.790. The zero-order valence-corrected chi connectivity index (χ0v) is 10.5. The van der Waals surface area contributed by atoms with Crippen LogP contribution in [0.25, 0.3) is 0 Å². The molecule has 0 N–H and O–H groups in total. The zero-order chi connectivity index (χ0) is 11.4. The minimum Gasteiger partial charge on any atom is -0.295 e. The Bertz CT molecular complexity index is 373. The standard InChI is InChI=1S/C14H19NS/c1-12(11-16)9-15-8-4-7-13-5-2-3-6-14(13)10-15/h2-3,5-6,16H,1,4,7-11H2. The summed E-state index contributed by atoms with van der Waals surface area (Å²) in [6.07, 6.45) is 2.46. The van der Waals surface area contributed by atoms with Crippen LogP contribution < -0.4 is 0 Å². The summed E-state index contributed by atoms with van der Waals surface area (Å²) in [5.74, 6) is 0.790. The van der Waals surface area contributed by atoms with E-state index in [0.717, 1.165) is 18.8 Å². The molecule has 0 saturated heterocycles. The summed E-state index contributed by atoms with van der Waals surface area (Å²) >= 11 is 4.27. The Morgan fingerprint density at radius 3 is 2.81 bits per heavy atom. The van der Waals surface area contributed by atoms with E-state index in [0.29, 0.717) is 0 Å². The number of aryl methyl sites for hydroxylation is 1. The third kappa shape index (κ3) is 2.89. The average molecular weight is 233 g/mol. The van der Waals surface area contributed by atoms with E-state index in [1.54, 1.807) is 0 Å². The third-order valence-electron chi connectivity index (χ3n) is 3.10. The molecule has 1 aliphatic rings. The average Bonchev–Trinajstić information content (AvgIpc) is 2.50. The molecular weight excluding hydrogens is 214 g/mol. The summed E-state index contributed by atoms with van der Waals surface area (Å²) < 4.78 is 0. The monoisotopic (exact) mass is 233 g/mol. The van der Waals surface area contributed by atoms with Crippen LogP contribution in [0.15, 0.2) is 36.4 Å². The van der Waals surface area contributed by atoms with Gasteiger partial charge in [0.1, 0.15) is 0 Å². The summed E-state index contributed by atoms with van der Waals surface area (Å²) in [4.78, 5) is 2.48. The molecule has 0 bridgehead atoms. The highest BCUT2D eigenvalue weighted by molar-refractivity contribution is 7.80. The van der Waals surface area contributed by atoms with Crippen molar-refractivity contribution in [3.05, 3.63) is 47.5 Å². The van der Waals surface area contributed by atoms with E-state index in [4.69, 9.17) is 0 Å². The predicted molar refractivity (Wildman–Crippen MR) is 73.0 cm³/mol. The first-order valence-corrected chi connectivity index (χ1v) is 6.49. The third-order valence-corrected chi connectivity index (χ3v) is 3.55. The first-order chi connectivity index (χ1) is 7.79. The van der Waals surface area contributed by atoms with Crippen LogP contribution in [-0.2, 0) is 13.0 Å². The maximum Gasteiger partial charge on any atom is 0.0239 e. The second kappa shape index (κ2) is 5.55. The fraction of sp³-hybridized carbons (Fsp3) is 0.429. The lowest BCUT2D eigenvalue weighted by Gasteiger charge is -2.21. The van der Waals surface area contributed by atoms with Crippen molar-refractivity contribution in [2.24, 2.45) is 0 Å². The topological polar surface area (TPSA) is 3.24 Å². The van der Waals surface area contributed by atoms with Gasteiger partial charge in [0.05, 0.1) is 0 Å².